The van der Waals surface area contributed by atoms with Crippen molar-refractivity contribution in [2.75, 3.05) is 26.1 Å². The number of hydrogen-bond acceptors (Lipinski definition) is 6. The Kier molecular flexibility index (Phi) is 7.05. The predicted octanol–water partition coefficient (Wildman–Crippen LogP) is 3.29. The molecule has 0 aromatic heterocycles. The molecule has 0 aliphatic carbocycles. The molecule has 1 atom stereocenters. The molecule has 1 amide bonds. The van der Waals surface area contributed by atoms with E-state index in [0.717, 1.165) is 0 Å². The van der Waals surface area contributed by atoms with Gasteiger partial charge in [0.25, 0.3) is 5.91 Å². The van der Waals surface area contributed by atoms with Crippen LogP contribution in [0.25, 0.3) is 0 Å². The molecule has 0 aliphatic rings. The Morgan fingerprint density at radius 1 is 1.00 bits per heavy atom. The van der Waals surface area contributed by atoms with Gasteiger partial charge < -0.3 is 24.3 Å². The fraction of sp³-hybridized carbons (Fsp3) is 0.300. The summed E-state index contributed by atoms with van der Waals surface area (Å²) in [5.74, 6) is 0.641. The molecule has 0 aliphatic heterocycles. The lowest BCUT2D eigenvalue weighted by Crippen LogP contribution is -2.30. The van der Waals surface area contributed by atoms with E-state index in [-0.39, 0.29) is 0 Å². The van der Waals surface area contributed by atoms with E-state index in [4.69, 9.17) is 18.9 Å². The third-order valence-electron chi connectivity index (χ3n) is 3.71. The van der Waals surface area contributed by atoms with Crippen molar-refractivity contribution < 1.29 is 28.5 Å². The van der Waals surface area contributed by atoms with Crippen LogP contribution in [0.1, 0.15) is 24.2 Å². The quantitative estimate of drug-likeness (QED) is 0.715. The third-order valence-corrected chi connectivity index (χ3v) is 3.71. The molecule has 0 saturated carbocycles. The Morgan fingerprint density at radius 3 is 2.26 bits per heavy atom. The van der Waals surface area contributed by atoms with E-state index in [9.17, 15) is 9.59 Å². The van der Waals surface area contributed by atoms with E-state index in [1.165, 1.54) is 21.1 Å². The SMILES string of the molecule is CCOc1ccc(C(=O)OC(C)C(=O)Nc2ccc(OC)c(OC)c2)cc1. The van der Waals surface area contributed by atoms with Crippen LogP contribution < -0.4 is 19.5 Å². The van der Waals surface area contributed by atoms with Gasteiger partial charge in [0.1, 0.15) is 5.75 Å². The predicted molar refractivity (Wildman–Crippen MR) is 101 cm³/mol. The maximum Gasteiger partial charge on any atom is 0.338 e. The highest BCUT2D eigenvalue weighted by molar-refractivity contribution is 5.97. The highest BCUT2D eigenvalue weighted by Gasteiger charge is 2.19. The zero-order valence-electron chi connectivity index (χ0n) is 15.8. The number of methoxy groups -OCH3 is 2. The molecule has 1 unspecified atom stereocenters. The molecule has 0 saturated heterocycles. The van der Waals surface area contributed by atoms with Crippen LogP contribution in [-0.2, 0) is 9.53 Å². The smallest absolute Gasteiger partial charge is 0.338 e. The second-order valence-corrected chi connectivity index (χ2v) is 5.56. The first-order valence-electron chi connectivity index (χ1n) is 8.45. The van der Waals surface area contributed by atoms with Crippen LogP contribution in [0.5, 0.6) is 17.2 Å². The monoisotopic (exact) mass is 373 g/mol. The number of ether oxygens (including phenoxy) is 4. The van der Waals surface area contributed by atoms with Gasteiger partial charge in [-0.3, -0.25) is 4.79 Å². The largest absolute Gasteiger partial charge is 0.494 e. The van der Waals surface area contributed by atoms with Gasteiger partial charge in [0.05, 0.1) is 26.4 Å². The van der Waals surface area contributed by atoms with Crippen LogP contribution in [0, 0.1) is 0 Å². The van der Waals surface area contributed by atoms with Gasteiger partial charge in [-0.05, 0) is 50.2 Å². The summed E-state index contributed by atoms with van der Waals surface area (Å²) in [6, 6.07) is 11.5. The molecule has 7 heteroatoms. The van der Waals surface area contributed by atoms with E-state index >= 15 is 0 Å². The highest BCUT2D eigenvalue weighted by atomic mass is 16.5. The van der Waals surface area contributed by atoms with E-state index in [0.29, 0.717) is 35.1 Å². The van der Waals surface area contributed by atoms with Gasteiger partial charge >= 0.3 is 5.97 Å². The van der Waals surface area contributed by atoms with E-state index in [1.807, 2.05) is 6.92 Å². The molecule has 2 rings (SSSR count). The molecule has 0 heterocycles. The number of nitrogens with one attached hydrogen (secondary N) is 1. The Bertz CT molecular complexity index is 788. The van der Waals surface area contributed by atoms with Crippen LogP contribution in [-0.4, -0.2) is 38.8 Å². The fourth-order valence-electron chi connectivity index (χ4n) is 2.29. The summed E-state index contributed by atoms with van der Waals surface area (Å²) in [5, 5.41) is 2.68. The number of rotatable bonds is 8. The molecule has 0 spiro atoms. The summed E-state index contributed by atoms with van der Waals surface area (Å²) < 4.78 is 20.9. The summed E-state index contributed by atoms with van der Waals surface area (Å²) in [4.78, 5) is 24.5. The topological polar surface area (TPSA) is 83.1 Å². The molecular formula is C20H23NO6. The van der Waals surface area contributed by atoms with Gasteiger partial charge in [0, 0.05) is 11.8 Å². The van der Waals surface area contributed by atoms with Crippen molar-refractivity contribution >= 4 is 17.6 Å². The Morgan fingerprint density at radius 2 is 1.67 bits per heavy atom. The van der Waals surface area contributed by atoms with Gasteiger partial charge in [-0.25, -0.2) is 4.79 Å². The average molecular weight is 373 g/mol. The Balaban J connectivity index is 1.97. The normalized spacial score (nSPS) is 11.3. The fourth-order valence-corrected chi connectivity index (χ4v) is 2.29. The molecule has 144 valence electrons. The molecule has 1 N–H and O–H groups in total. The zero-order chi connectivity index (χ0) is 19.8. The number of anilines is 1. The minimum Gasteiger partial charge on any atom is -0.494 e. The van der Waals surface area contributed by atoms with Gasteiger partial charge in [0.15, 0.2) is 17.6 Å². The number of esters is 1. The van der Waals surface area contributed by atoms with Gasteiger partial charge in [-0.2, -0.15) is 0 Å². The lowest BCUT2D eigenvalue weighted by molar-refractivity contribution is -0.123. The number of carbonyl (C=O) groups excluding carboxylic acids is 2. The summed E-state index contributed by atoms with van der Waals surface area (Å²) in [6.07, 6.45) is -0.975. The second kappa shape index (κ2) is 9.47. The number of hydrogen-bond donors (Lipinski definition) is 1. The lowest BCUT2D eigenvalue weighted by atomic mass is 10.2. The molecular weight excluding hydrogens is 350 g/mol. The minimum absolute atomic E-state index is 0.337. The Labute approximate surface area is 158 Å². The molecule has 2 aromatic rings. The summed E-state index contributed by atoms with van der Waals surface area (Å²) >= 11 is 0. The van der Waals surface area contributed by atoms with Crippen molar-refractivity contribution in [2.45, 2.75) is 20.0 Å². The van der Waals surface area contributed by atoms with Crippen LogP contribution >= 0.6 is 0 Å². The van der Waals surface area contributed by atoms with E-state index in [2.05, 4.69) is 5.32 Å². The second-order valence-electron chi connectivity index (χ2n) is 5.56. The first-order valence-corrected chi connectivity index (χ1v) is 8.45. The van der Waals surface area contributed by atoms with E-state index in [1.54, 1.807) is 42.5 Å². The molecule has 0 bridgehead atoms. The molecule has 2 aromatic carbocycles. The number of amides is 1. The Hall–Kier alpha value is -3.22. The van der Waals surface area contributed by atoms with Gasteiger partial charge in [-0.15, -0.1) is 0 Å². The van der Waals surface area contributed by atoms with Crippen molar-refractivity contribution in [3.8, 4) is 17.2 Å². The molecule has 7 nitrogen and oxygen atoms in total. The van der Waals surface area contributed by atoms with Crippen LogP contribution in [0.2, 0.25) is 0 Å². The van der Waals surface area contributed by atoms with Crippen molar-refractivity contribution in [1.29, 1.82) is 0 Å². The third kappa shape index (κ3) is 5.37. The minimum atomic E-state index is -0.975. The molecule has 0 radical (unpaired) electrons. The first-order chi connectivity index (χ1) is 13.0. The van der Waals surface area contributed by atoms with Crippen molar-refractivity contribution in [3.63, 3.8) is 0 Å². The number of benzene rings is 2. The standard InChI is InChI=1S/C20H23NO6/c1-5-26-16-9-6-14(7-10-16)20(23)27-13(2)19(22)21-15-8-11-17(24-3)18(12-15)25-4/h6-13H,5H2,1-4H3,(H,21,22). The van der Waals surface area contributed by atoms with Crippen LogP contribution in [0.3, 0.4) is 0 Å². The van der Waals surface area contributed by atoms with Gasteiger partial charge in [0.2, 0.25) is 0 Å². The van der Waals surface area contributed by atoms with Crippen molar-refractivity contribution in [1.82, 2.24) is 0 Å². The molecule has 0 fully saturated rings. The maximum atomic E-state index is 12.3. The summed E-state index contributed by atoms with van der Waals surface area (Å²) in [7, 11) is 3.03. The van der Waals surface area contributed by atoms with Crippen molar-refractivity contribution in [3.05, 3.63) is 48.0 Å². The summed E-state index contributed by atoms with van der Waals surface area (Å²) in [5.41, 5.74) is 0.839. The number of carbonyl (C=O) groups is 2. The van der Waals surface area contributed by atoms with E-state index < -0.39 is 18.0 Å². The molecule has 27 heavy (non-hydrogen) atoms. The summed E-state index contributed by atoms with van der Waals surface area (Å²) in [6.45, 7) is 3.92. The van der Waals surface area contributed by atoms with Crippen LogP contribution in [0.4, 0.5) is 5.69 Å². The van der Waals surface area contributed by atoms with Crippen molar-refractivity contribution in [2.24, 2.45) is 0 Å². The maximum absolute atomic E-state index is 12.3. The zero-order valence-corrected chi connectivity index (χ0v) is 15.8. The lowest BCUT2D eigenvalue weighted by Gasteiger charge is -2.15. The van der Waals surface area contributed by atoms with Crippen LogP contribution in [0.15, 0.2) is 42.5 Å². The highest BCUT2D eigenvalue weighted by Crippen LogP contribution is 2.29. The average Bonchev–Trinajstić information content (AvgIpc) is 2.68. The first kappa shape index (κ1) is 20.1. The van der Waals surface area contributed by atoms with Gasteiger partial charge in [-0.1, -0.05) is 0 Å².